The summed E-state index contributed by atoms with van der Waals surface area (Å²) in [7, 11) is 1.37. The Bertz CT molecular complexity index is 852. The van der Waals surface area contributed by atoms with Crippen LogP contribution in [0, 0.1) is 5.82 Å². The Morgan fingerprint density at radius 3 is 2.89 bits per heavy atom. The summed E-state index contributed by atoms with van der Waals surface area (Å²) < 4.78 is 23.9. The third-order valence-corrected chi connectivity index (χ3v) is 4.75. The van der Waals surface area contributed by atoms with E-state index in [0.717, 1.165) is 44.7 Å². The Hall–Kier alpha value is -2.67. The number of halogens is 1. The van der Waals surface area contributed by atoms with Crippen molar-refractivity contribution in [2.45, 2.75) is 31.8 Å². The van der Waals surface area contributed by atoms with Crippen LogP contribution in [-0.4, -0.2) is 37.0 Å². The highest BCUT2D eigenvalue weighted by Gasteiger charge is 2.21. The molecule has 27 heavy (non-hydrogen) atoms. The Morgan fingerprint density at radius 1 is 1.33 bits per heavy atom. The van der Waals surface area contributed by atoms with Crippen LogP contribution in [0.3, 0.4) is 0 Å². The number of methoxy groups -OCH3 is 1. The van der Waals surface area contributed by atoms with Crippen LogP contribution in [0.4, 0.5) is 4.39 Å². The SMILES string of the molecule is COc1coc(C(=O)NC2CCCN(Cc3ccccc3F)CC2)cc1=O. The molecular weight excluding hydrogens is 351 g/mol. The molecule has 1 aromatic heterocycles. The summed E-state index contributed by atoms with van der Waals surface area (Å²) in [6.07, 6.45) is 3.60. The third kappa shape index (κ3) is 4.95. The van der Waals surface area contributed by atoms with Gasteiger partial charge in [-0.15, -0.1) is 0 Å². The summed E-state index contributed by atoms with van der Waals surface area (Å²) in [5.74, 6) is -0.582. The van der Waals surface area contributed by atoms with Crippen molar-refractivity contribution in [3.63, 3.8) is 0 Å². The number of hydrogen-bond acceptors (Lipinski definition) is 5. The predicted molar refractivity (Wildman–Crippen MR) is 98.3 cm³/mol. The van der Waals surface area contributed by atoms with Gasteiger partial charge in [0.2, 0.25) is 11.2 Å². The third-order valence-electron chi connectivity index (χ3n) is 4.75. The van der Waals surface area contributed by atoms with Crippen LogP contribution in [0.2, 0.25) is 0 Å². The molecule has 1 saturated heterocycles. The molecule has 144 valence electrons. The van der Waals surface area contributed by atoms with E-state index in [2.05, 4.69) is 10.2 Å². The number of hydrogen-bond donors (Lipinski definition) is 1. The highest BCUT2D eigenvalue weighted by Crippen LogP contribution is 2.16. The molecule has 1 N–H and O–H groups in total. The van der Waals surface area contributed by atoms with Gasteiger partial charge in [-0.1, -0.05) is 18.2 Å². The van der Waals surface area contributed by atoms with E-state index in [0.29, 0.717) is 12.1 Å². The van der Waals surface area contributed by atoms with E-state index in [-0.39, 0.29) is 23.4 Å². The van der Waals surface area contributed by atoms with Crippen LogP contribution < -0.4 is 15.5 Å². The summed E-state index contributed by atoms with van der Waals surface area (Å²) in [4.78, 5) is 26.3. The molecule has 0 radical (unpaired) electrons. The standard InChI is InChI=1S/C20H23FN2O4/c1-26-19-13-27-18(11-17(19)24)20(25)22-15-6-4-9-23(10-8-15)12-14-5-2-3-7-16(14)21/h2-3,5,7,11,13,15H,4,6,8-10,12H2,1H3,(H,22,25). The average Bonchev–Trinajstić information content (AvgIpc) is 2.88. The number of amides is 1. The lowest BCUT2D eigenvalue weighted by atomic mass is 10.1. The second-order valence-corrected chi connectivity index (χ2v) is 6.65. The smallest absolute Gasteiger partial charge is 0.287 e. The molecule has 0 bridgehead atoms. The quantitative estimate of drug-likeness (QED) is 0.871. The minimum atomic E-state index is -0.415. The summed E-state index contributed by atoms with van der Waals surface area (Å²) in [5.41, 5.74) is 0.283. The molecule has 3 rings (SSSR count). The van der Waals surface area contributed by atoms with Crippen LogP contribution in [-0.2, 0) is 6.54 Å². The van der Waals surface area contributed by atoms with Gasteiger partial charge in [0.1, 0.15) is 12.1 Å². The molecule has 1 unspecified atom stereocenters. The van der Waals surface area contributed by atoms with Gasteiger partial charge in [-0.2, -0.15) is 0 Å². The average molecular weight is 374 g/mol. The number of carbonyl (C=O) groups excluding carboxylic acids is 1. The number of ether oxygens (including phenoxy) is 1. The van der Waals surface area contributed by atoms with E-state index in [9.17, 15) is 14.0 Å². The van der Waals surface area contributed by atoms with Gasteiger partial charge < -0.3 is 14.5 Å². The number of carbonyl (C=O) groups is 1. The van der Waals surface area contributed by atoms with Crippen molar-refractivity contribution in [3.8, 4) is 5.75 Å². The fourth-order valence-corrected chi connectivity index (χ4v) is 3.25. The lowest BCUT2D eigenvalue weighted by Gasteiger charge is -2.20. The van der Waals surface area contributed by atoms with Gasteiger partial charge in [0.15, 0.2) is 5.76 Å². The Balaban J connectivity index is 1.56. The monoisotopic (exact) mass is 374 g/mol. The number of benzene rings is 1. The van der Waals surface area contributed by atoms with Crippen molar-refractivity contribution in [2.75, 3.05) is 20.2 Å². The molecule has 0 aliphatic carbocycles. The zero-order valence-electron chi connectivity index (χ0n) is 15.2. The van der Waals surface area contributed by atoms with Gasteiger partial charge in [0.25, 0.3) is 5.91 Å². The summed E-state index contributed by atoms with van der Waals surface area (Å²) in [5, 5.41) is 2.92. The number of likely N-dealkylation sites (tertiary alicyclic amines) is 1. The van der Waals surface area contributed by atoms with Crippen molar-refractivity contribution in [2.24, 2.45) is 0 Å². The Labute approximate surface area is 156 Å². The van der Waals surface area contributed by atoms with Crippen molar-refractivity contribution in [3.05, 3.63) is 64.0 Å². The van der Waals surface area contributed by atoms with Crippen LogP contribution in [0.25, 0.3) is 0 Å². The fourth-order valence-electron chi connectivity index (χ4n) is 3.25. The fraction of sp³-hybridized carbons (Fsp3) is 0.400. The zero-order chi connectivity index (χ0) is 19.2. The molecule has 0 saturated carbocycles. The van der Waals surface area contributed by atoms with Crippen molar-refractivity contribution >= 4 is 5.91 Å². The Kier molecular flexibility index (Phi) is 6.24. The van der Waals surface area contributed by atoms with Gasteiger partial charge in [0.05, 0.1) is 7.11 Å². The van der Waals surface area contributed by atoms with Gasteiger partial charge in [-0.3, -0.25) is 14.5 Å². The molecule has 2 heterocycles. The molecule has 1 fully saturated rings. The second-order valence-electron chi connectivity index (χ2n) is 6.65. The van der Waals surface area contributed by atoms with Gasteiger partial charge >= 0.3 is 0 Å². The van der Waals surface area contributed by atoms with E-state index in [1.165, 1.54) is 13.2 Å². The van der Waals surface area contributed by atoms with Gasteiger partial charge in [-0.25, -0.2) is 4.39 Å². The van der Waals surface area contributed by atoms with E-state index in [1.807, 2.05) is 6.07 Å². The minimum absolute atomic E-state index is 0.0180. The highest BCUT2D eigenvalue weighted by molar-refractivity contribution is 5.91. The highest BCUT2D eigenvalue weighted by atomic mass is 19.1. The lowest BCUT2D eigenvalue weighted by molar-refractivity contribution is 0.0902. The molecule has 0 spiro atoms. The molecule has 1 aromatic carbocycles. The maximum Gasteiger partial charge on any atom is 0.287 e. The summed E-state index contributed by atoms with van der Waals surface area (Å²) in [6, 6.07) is 7.90. The van der Waals surface area contributed by atoms with Crippen molar-refractivity contribution < 1.29 is 18.3 Å². The molecule has 6 nitrogen and oxygen atoms in total. The molecule has 7 heteroatoms. The van der Waals surface area contributed by atoms with Crippen LogP contribution in [0.15, 0.2) is 45.8 Å². The number of nitrogens with zero attached hydrogens (tertiary/aromatic N) is 1. The first-order valence-electron chi connectivity index (χ1n) is 9.00. The molecular formula is C20H23FN2O4. The van der Waals surface area contributed by atoms with Crippen LogP contribution in [0.5, 0.6) is 5.75 Å². The van der Waals surface area contributed by atoms with E-state index < -0.39 is 11.3 Å². The normalized spacial score (nSPS) is 17.9. The zero-order valence-corrected chi connectivity index (χ0v) is 15.2. The molecule has 1 aliphatic heterocycles. The van der Waals surface area contributed by atoms with Crippen LogP contribution >= 0.6 is 0 Å². The van der Waals surface area contributed by atoms with E-state index in [4.69, 9.17) is 9.15 Å². The number of rotatable bonds is 5. The Morgan fingerprint density at radius 2 is 2.15 bits per heavy atom. The van der Waals surface area contributed by atoms with Crippen LogP contribution in [0.1, 0.15) is 35.4 Å². The van der Waals surface area contributed by atoms with Crippen molar-refractivity contribution in [1.82, 2.24) is 10.2 Å². The van der Waals surface area contributed by atoms with Gasteiger partial charge in [0, 0.05) is 30.8 Å². The maximum absolute atomic E-state index is 13.8. The van der Waals surface area contributed by atoms with E-state index >= 15 is 0 Å². The topological polar surface area (TPSA) is 71.8 Å². The molecule has 1 aliphatic rings. The lowest BCUT2D eigenvalue weighted by Crippen LogP contribution is -2.36. The molecule has 1 amide bonds. The summed E-state index contributed by atoms with van der Waals surface area (Å²) >= 11 is 0. The predicted octanol–water partition coefficient (Wildman–Crippen LogP) is 2.57. The minimum Gasteiger partial charge on any atom is -0.490 e. The van der Waals surface area contributed by atoms with Crippen molar-refractivity contribution in [1.29, 1.82) is 0 Å². The number of nitrogens with one attached hydrogen (secondary N) is 1. The summed E-state index contributed by atoms with van der Waals surface area (Å²) in [6.45, 7) is 2.16. The maximum atomic E-state index is 13.8. The first-order chi connectivity index (χ1) is 13.1. The molecule has 1 atom stereocenters. The van der Waals surface area contributed by atoms with E-state index in [1.54, 1.807) is 12.1 Å². The second kappa shape index (κ2) is 8.81. The largest absolute Gasteiger partial charge is 0.490 e. The molecule has 2 aromatic rings. The van der Waals surface area contributed by atoms with Gasteiger partial charge in [-0.05, 0) is 31.9 Å². The first kappa shape index (κ1) is 19.1. The first-order valence-corrected chi connectivity index (χ1v) is 9.00.